The Kier molecular flexibility index (Phi) is 4.55. The van der Waals surface area contributed by atoms with Crippen molar-refractivity contribution in [2.75, 3.05) is 0 Å². The third-order valence-corrected chi connectivity index (χ3v) is 4.17. The number of imidazole rings is 1. The van der Waals surface area contributed by atoms with Crippen LogP contribution in [0.3, 0.4) is 0 Å². The van der Waals surface area contributed by atoms with Crippen LogP contribution in [0.1, 0.15) is 48.4 Å². The second kappa shape index (κ2) is 6.16. The highest BCUT2D eigenvalue weighted by Crippen LogP contribution is 2.22. The van der Waals surface area contributed by atoms with Crippen molar-refractivity contribution < 1.29 is 0 Å². The van der Waals surface area contributed by atoms with Gasteiger partial charge in [-0.15, -0.1) is 11.3 Å². The van der Waals surface area contributed by atoms with Crippen molar-refractivity contribution in [2.45, 2.75) is 46.2 Å². The molecule has 1 atom stereocenters. The van der Waals surface area contributed by atoms with Gasteiger partial charge in [0.1, 0.15) is 5.82 Å². The van der Waals surface area contributed by atoms with Crippen LogP contribution in [0, 0.1) is 6.92 Å². The number of nitrogens with zero attached hydrogens (tertiary/aromatic N) is 1. The van der Waals surface area contributed by atoms with Gasteiger partial charge in [-0.3, -0.25) is 0 Å². The Hall–Kier alpha value is -1.13. The van der Waals surface area contributed by atoms with Gasteiger partial charge >= 0.3 is 0 Å². The number of aromatic amines is 1. The summed E-state index contributed by atoms with van der Waals surface area (Å²) in [6.45, 7) is 7.26. The molecule has 98 valence electrons. The zero-order valence-electron chi connectivity index (χ0n) is 11.3. The molecule has 0 aromatic carbocycles. The summed E-state index contributed by atoms with van der Waals surface area (Å²) in [5.41, 5.74) is 2.32. The molecule has 4 heteroatoms. The first-order valence-electron chi connectivity index (χ1n) is 6.55. The number of nitrogens with one attached hydrogen (secondary N) is 2. The highest BCUT2D eigenvalue weighted by Gasteiger charge is 2.11. The molecule has 2 rings (SSSR count). The van der Waals surface area contributed by atoms with Crippen LogP contribution in [0.5, 0.6) is 0 Å². The van der Waals surface area contributed by atoms with Crippen LogP contribution in [0.25, 0.3) is 0 Å². The molecule has 0 bridgehead atoms. The number of hydrogen-bond donors (Lipinski definition) is 2. The average molecular weight is 263 g/mol. The van der Waals surface area contributed by atoms with Crippen molar-refractivity contribution in [1.82, 2.24) is 15.3 Å². The maximum absolute atomic E-state index is 4.60. The summed E-state index contributed by atoms with van der Waals surface area (Å²) in [7, 11) is 0. The van der Waals surface area contributed by atoms with E-state index in [1.165, 1.54) is 10.6 Å². The molecule has 0 saturated heterocycles. The summed E-state index contributed by atoms with van der Waals surface area (Å²) in [5, 5.41) is 5.73. The van der Waals surface area contributed by atoms with E-state index in [0.29, 0.717) is 6.04 Å². The van der Waals surface area contributed by atoms with Crippen LogP contribution in [-0.2, 0) is 13.0 Å². The Morgan fingerprint density at radius 2 is 2.28 bits per heavy atom. The molecule has 2 N–H and O–H groups in total. The molecular formula is C14H21N3S. The quantitative estimate of drug-likeness (QED) is 0.836. The van der Waals surface area contributed by atoms with Gasteiger partial charge in [0.25, 0.3) is 0 Å². The van der Waals surface area contributed by atoms with E-state index in [1.807, 2.05) is 11.3 Å². The standard InChI is InChI=1S/C14H21N3S/c1-4-11(13-7-6-8-18-13)15-9-12-10(3)16-14(5-2)17-12/h6-8,11,15H,4-5,9H2,1-3H3,(H,16,17). The van der Waals surface area contributed by atoms with Gasteiger partial charge in [0.2, 0.25) is 0 Å². The fourth-order valence-corrected chi connectivity index (χ4v) is 2.94. The smallest absolute Gasteiger partial charge is 0.106 e. The fourth-order valence-electron chi connectivity index (χ4n) is 2.06. The largest absolute Gasteiger partial charge is 0.346 e. The summed E-state index contributed by atoms with van der Waals surface area (Å²) >= 11 is 1.81. The number of aromatic nitrogens is 2. The SMILES string of the molecule is CCc1nc(CNC(CC)c2cccs2)c(C)[nH]1. The third kappa shape index (κ3) is 3.00. The molecular weight excluding hydrogens is 242 g/mol. The van der Waals surface area contributed by atoms with E-state index in [9.17, 15) is 0 Å². The van der Waals surface area contributed by atoms with E-state index < -0.39 is 0 Å². The van der Waals surface area contributed by atoms with Gasteiger partial charge in [-0.2, -0.15) is 0 Å². The topological polar surface area (TPSA) is 40.7 Å². The van der Waals surface area contributed by atoms with Gasteiger partial charge < -0.3 is 10.3 Å². The van der Waals surface area contributed by atoms with Gasteiger partial charge in [-0.05, 0) is 24.8 Å². The molecule has 0 saturated carbocycles. The van der Waals surface area contributed by atoms with Crippen LogP contribution >= 0.6 is 11.3 Å². The summed E-state index contributed by atoms with van der Waals surface area (Å²) < 4.78 is 0. The minimum Gasteiger partial charge on any atom is -0.346 e. The summed E-state index contributed by atoms with van der Waals surface area (Å²) in [6, 6.07) is 4.74. The fraction of sp³-hybridized carbons (Fsp3) is 0.500. The monoisotopic (exact) mass is 263 g/mol. The molecule has 0 aliphatic rings. The first-order chi connectivity index (χ1) is 8.74. The van der Waals surface area contributed by atoms with E-state index in [1.54, 1.807) is 0 Å². The lowest BCUT2D eigenvalue weighted by molar-refractivity contribution is 0.521. The number of hydrogen-bond acceptors (Lipinski definition) is 3. The van der Waals surface area contributed by atoms with Crippen molar-refractivity contribution in [2.24, 2.45) is 0 Å². The summed E-state index contributed by atoms with van der Waals surface area (Å²) in [4.78, 5) is 9.33. The molecule has 0 aliphatic heterocycles. The summed E-state index contributed by atoms with van der Waals surface area (Å²) in [6.07, 6.45) is 2.06. The molecule has 0 radical (unpaired) electrons. The maximum Gasteiger partial charge on any atom is 0.106 e. The van der Waals surface area contributed by atoms with Crippen LogP contribution in [0.2, 0.25) is 0 Å². The predicted octanol–water partition coefficient (Wildman–Crippen LogP) is 3.58. The molecule has 2 aromatic rings. The number of rotatable bonds is 6. The minimum absolute atomic E-state index is 0.436. The van der Waals surface area contributed by atoms with Crippen LogP contribution in [0.15, 0.2) is 17.5 Å². The number of H-pyrrole nitrogens is 1. The lowest BCUT2D eigenvalue weighted by atomic mass is 10.2. The van der Waals surface area contributed by atoms with Crippen LogP contribution < -0.4 is 5.32 Å². The number of thiophene rings is 1. The van der Waals surface area contributed by atoms with Gasteiger partial charge in [-0.1, -0.05) is 19.9 Å². The van der Waals surface area contributed by atoms with E-state index in [0.717, 1.165) is 30.9 Å². The molecule has 18 heavy (non-hydrogen) atoms. The molecule has 1 unspecified atom stereocenters. The number of aryl methyl sites for hydroxylation is 2. The van der Waals surface area contributed by atoms with Gasteiger partial charge in [-0.25, -0.2) is 4.98 Å². The van der Waals surface area contributed by atoms with Gasteiger partial charge in [0.05, 0.1) is 5.69 Å². The molecule has 0 amide bonds. The van der Waals surface area contributed by atoms with Gasteiger partial charge in [0, 0.05) is 29.6 Å². The molecule has 0 spiro atoms. The summed E-state index contributed by atoms with van der Waals surface area (Å²) in [5.74, 6) is 1.08. The average Bonchev–Trinajstić information content (AvgIpc) is 3.00. The lowest BCUT2D eigenvalue weighted by Crippen LogP contribution is -2.20. The zero-order chi connectivity index (χ0) is 13.0. The second-order valence-electron chi connectivity index (χ2n) is 4.47. The minimum atomic E-state index is 0.436. The van der Waals surface area contributed by atoms with Crippen molar-refractivity contribution in [3.63, 3.8) is 0 Å². The molecule has 0 aliphatic carbocycles. The Balaban J connectivity index is 1.99. The van der Waals surface area contributed by atoms with Crippen molar-refractivity contribution in [3.8, 4) is 0 Å². The van der Waals surface area contributed by atoms with E-state index in [4.69, 9.17) is 0 Å². The Morgan fingerprint density at radius 1 is 1.44 bits per heavy atom. The van der Waals surface area contributed by atoms with E-state index >= 15 is 0 Å². The van der Waals surface area contributed by atoms with Crippen molar-refractivity contribution in [3.05, 3.63) is 39.6 Å². The molecule has 2 aromatic heterocycles. The maximum atomic E-state index is 4.60. The second-order valence-corrected chi connectivity index (χ2v) is 5.45. The zero-order valence-corrected chi connectivity index (χ0v) is 12.1. The molecule has 2 heterocycles. The van der Waals surface area contributed by atoms with Gasteiger partial charge in [0.15, 0.2) is 0 Å². The van der Waals surface area contributed by atoms with Crippen molar-refractivity contribution in [1.29, 1.82) is 0 Å². The lowest BCUT2D eigenvalue weighted by Gasteiger charge is -2.14. The van der Waals surface area contributed by atoms with Crippen molar-refractivity contribution >= 4 is 11.3 Å². The third-order valence-electron chi connectivity index (χ3n) is 3.18. The predicted molar refractivity (Wildman–Crippen MR) is 76.9 cm³/mol. The molecule has 0 fully saturated rings. The first-order valence-corrected chi connectivity index (χ1v) is 7.43. The van der Waals surface area contributed by atoms with Crippen LogP contribution in [-0.4, -0.2) is 9.97 Å². The highest BCUT2D eigenvalue weighted by molar-refractivity contribution is 7.10. The Labute approximate surface area is 113 Å². The molecule has 3 nitrogen and oxygen atoms in total. The Bertz CT molecular complexity index is 473. The van der Waals surface area contributed by atoms with Crippen LogP contribution in [0.4, 0.5) is 0 Å². The van der Waals surface area contributed by atoms with E-state index in [-0.39, 0.29) is 0 Å². The Morgan fingerprint density at radius 3 is 2.83 bits per heavy atom. The normalized spacial score (nSPS) is 12.8. The van der Waals surface area contributed by atoms with E-state index in [2.05, 4.69) is 53.6 Å². The highest BCUT2D eigenvalue weighted by atomic mass is 32.1. The first kappa shape index (κ1) is 13.3.